The fraction of sp³-hybridized carbons (Fsp3) is 0.500. The smallest absolute Gasteiger partial charge is 0.550 e. The van der Waals surface area contributed by atoms with Gasteiger partial charge in [-0.25, -0.2) is 4.39 Å². The molecule has 3 rings (SSSR count). The number of hydrogen-bond acceptors (Lipinski definition) is 4. The molecule has 1 heterocycles. The Morgan fingerprint density at radius 3 is 2.71 bits per heavy atom. The molecule has 1 amide bonds. The monoisotopic (exact) mass is 362 g/mol. The molecular formula is C16H17ClFN2NaO3. The van der Waals surface area contributed by atoms with E-state index in [2.05, 4.69) is 5.32 Å². The van der Waals surface area contributed by atoms with Gasteiger partial charge in [-0.3, -0.25) is 4.79 Å². The van der Waals surface area contributed by atoms with Crippen molar-refractivity contribution >= 4 is 29.2 Å². The first-order valence-corrected chi connectivity index (χ1v) is 7.98. The number of aliphatic carboxylic acids is 1. The summed E-state index contributed by atoms with van der Waals surface area (Å²) in [4.78, 5) is 25.0. The van der Waals surface area contributed by atoms with Gasteiger partial charge < -0.3 is 20.1 Å². The molecule has 1 aliphatic carbocycles. The molecule has 1 N–H and O–H groups in total. The van der Waals surface area contributed by atoms with Gasteiger partial charge in [0.2, 0.25) is 5.91 Å². The Balaban J connectivity index is 0.00000208. The van der Waals surface area contributed by atoms with E-state index in [0.29, 0.717) is 25.9 Å². The molecule has 2 fully saturated rings. The van der Waals surface area contributed by atoms with Gasteiger partial charge in [-0.1, -0.05) is 11.6 Å². The standard InChI is InChI=1S/C16H18ClFN2O3.Na/c17-12-2-1-11(7-13(12)18)20-6-3-10(9-20)19-14(21)8-16(4-5-16)15(22)23;/h1-2,7,10H,3-6,8-9H2,(H,19,21)(H,22,23);/q;+1/p-1. The maximum Gasteiger partial charge on any atom is 1.00 e. The number of carboxylic acid groups (broad SMARTS) is 1. The van der Waals surface area contributed by atoms with Crippen LogP contribution in [0, 0.1) is 11.2 Å². The van der Waals surface area contributed by atoms with Crippen LogP contribution in [0.1, 0.15) is 25.7 Å². The van der Waals surface area contributed by atoms with E-state index in [1.54, 1.807) is 6.07 Å². The molecule has 1 unspecified atom stereocenters. The first kappa shape index (κ1) is 19.5. The van der Waals surface area contributed by atoms with Gasteiger partial charge in [0.1, 0.15) is 5.82 Å². The second kappa shape index (κ2) is 7.60. The fourth-order valence-corrected chi connectivity index (χ4v) is 3.10. The molecule has 1 aromatic carbocycles. The van der Waals surface area contributed by atoms with Crippen LogP contribution in [0.4, 0.5) is 10.1 Å². The Hall–Kier alpha value is -0.820. The van der Waals surface area contributed by atoms with Crippen molar-refractivity contribution in [3.05, 3.63) is 29.0 Å². The van der Waals surface area contributed by atoms with Gasteiger partial charge in [-0.2, -0.15) is 0 Å². The summed E-state index contributed by atoms with van der Waals surface area (Å²) in [5, 5.41) is 13.9. The average molecular weight is 363 g/mol. The first-order chi connectivity index (χ1) is 10.9. The summed E-state index contributed by atoms with van der Waals surface area (Å²) in [5.74, 6) is -1.88. The van der Waals surface area contributed by atoms with Crippen molar-refractivity contribution < 1.29 is 48.6 Å². The van der Waals surface area contributed by atoms with E-state index in [4.69, 9.17) is 11.6 Å². The summed E-state index contributed by atoms with van der Waals surface area (Å²) in [7, 11) is 0. The molecule has 124 valence electrons. The van der Waals surface area contributed by atoms with Gasteiger partial charge in [-0.05, 0) is 37.5 Å². The molecule has 0 spiro atoms. The van der Waals surface area contributed by atoms with Crippen LogP contribution in [0.3, 0.4) is 0 Å². The van der Waals surface area contributed by atoms with Gasteiger partial charge in [0, 0.05) is 42.6 Å². The SMILES string of the molecule is O=C(CC1(C(=O)[O-])CC1)NC1CCN(c2ccc(Cl)c(F)c2)C1.[Na+]. The Kier molecular flexibility index (Phi) is 6.18. The first-order valence-electron chi connectivity index (χ1n) is 7.60. The number of carbonyl (C=O) groups is 2. The summed E-state index contributed by atoms with van der Waals surface area (Å²) in [5.41, 5.74) is -0.237. The van der Waals surface area contributed by atoms with Crippen LogP contribution in [0.15, 0.2) is 18.2 Å². The van der Waals surface area contributed by atoms with E-state index < -0.39 is 17.2 Å². The molecule has 5 nitrogen and oxygen atoms in total. The van der Waals surface area contributed by atoms with Crippen LogP contribution in [-0.2, 0) is 9.59 Å². The molecule has 1 aromatic rings. The van der Waals surface area contributed by atoms with E-state index in [1.807, 2.05) is 4.90 Å². The number of nitrogens with one attached hydrogen (secondary N) is 1. The minimum absolute atomic E-state index is 0. The number of anilines is 1. The molecule has 1 aliphatic heterocycles. The van der Waals surface area contributed by atoms with Gasteiger partial charge in [0.15, 0.2) is 0 Å². The number of hydrogen-bond donors (Lipinski definition) is 1. The van der Waals surface area contributed by atoms with Crippen molar-refractivity contribution in [1.82, 2.24) is 5.32 Å². The molecule has 1 saturated carbocycles. The summed E-state index contributed by atoms with van der Waals surface area (Å²) < 4.78 is 13.5. The zero-order valence-electron chi connectivity index (χ0n) is 13.5. The van der Waals surface area contributed by atoms with E-state index in [-0.39, 0.29) is 52.9 Å². The number of carboxylic acids is 1. The van der Waals surface area contributed by atoms with Crippen molar-refractivity contribution in [2.75, 3.05) is 18.0 Å². The summed E-state index contributed by atoms with van der Waals surface area (Å²) in [6.45, 7) is 1.25. The average Bonchev–Trinajstić information content (AvgIpc) is 3.13. The molecule has 0 radical (unpaired) electrons. The van der Waals surface area contributed by atoms with Crippen LogP contribution in [0.2, 0.25) is 5.02 Å². The van der Waals surface area contributed by atoms with Gasteiger partial charge in [0.05, 0.1) is 5.02 Å². The van der Waals surface area contributed by atoms with Gasteiger partial charge in [0.25, 0.3) is 0 Å². The number of carbonyl (C=O) groups excluding carboxylic acids is 2. The second-order valence-corrected chi connectivity index (χ2v) is 6.75. The zero-order chi connectivity index (χ0) is 16.6. The molecule has 1 atom stereocenters. The van der Waals surface area contributed by atoms with Crippen LogP contribution in [0.5, 0.6) is 0 Å². The minimum atomic E-state index is -1.14. The summed E-state index contributed by atoms with van der Waals surface area (Å²) in [6, 6.07) is 4.56. The third-order valence-corrected chi connectivity index (χ3v) is 4.91. The molecule has 0 aromatic heterocycles. The number of amides is 1. The van der Waals surface area contributed by atoms with E-state index in [1.165, 1.54) is 12.1 Å². The topological polar surface area (TPSA) is 72.5 Å². The quantitative estimate of drug-likeness (QED) is 0.621. The maximum absolute atomic E-state index is 13.5. The van der Waals surface area contributed by atoms with E-state index in [0.717, 1.165) is 12.1 Å². The molecule has 0 bridgehead atoms. The van der Waals surface area contributed by atoms with Crippen LogP contribution in [-0.4, -0.2) is 31.0 Å². The van der Waals surface area contributed by atoms with Crippen molar-refractivity contribution in [1.29, 1.82) is 0 Å². The van der Waals surface area contributed by atoms with Crippen molar-refractivity contribution in [3.8, 4) is 0 Å². The predicted octanol–water partition coefficient (Wildman–Crippen LogP) is -1.90. The van der Waals surface area contributed by atoms with Crippen molar-refractivity contribution in [2.24, 2.45) is 5.41 Å². The van der Waals surface area contributed by atoms with E-state index >= 15 is 0 Å². The van der Waals surface area contributed by atoms with Crippen molar-refractivity contribution in [2.45, 2.75) is 31.7 Å². The molecule has 8 heteroatoms. The summed E-state index contributed by atoms with van der Waals surface area (Å²) in [6.07, 6.45) is 1.71. The number of halogens is 2. The van der Waals surface area contributed by atoms with Crippen LogP contribution >= 0.6 is 11.6 Å². The largest absolute Gasteiger partial charge is 1.00 e. The maximum atomic E-state index is 13.5. The van der Waals surface area contributed by atoms with Crippen LogP contribution < -0.4 is 44.9 Å². The third-order valence-electron chi connectivity index (χ3n) is 4.61. The molecule has 1 saturated heterocycles. The van der Waals surface area contributed by atoms with Gasteiger partial charge in [-0.15, -0.1) is 0 Å². The third kappa shape index (κ3) is 4.23. The Bertz CT molecular complexity index is 654. The molecule has 2 aliphatic rings. The van der Waals surface area contributed by atoms with E-state index in [9.17, 15) is 19.1 Å². The van der Waals surface area contributed by atoms with Gasteiger partial charge >= 0.3 is 29.6 Å². The Labute approximate surface area is 166 Å². The second-order valence-electron chi connectivity index (χ2n) is 6.34. The van der Waals surface area contributed by atoms with Crippen molar-refractivity contribution in [3.63, 3.8) is 0 Å². The fourth-order valence-electron chi connectivity index (χ4n) is 2.98. The van der Waals surface area contributed by atoms with Crippen LogP contribution in [0.25, 0.3) is 0 Å². The number of rotatable bonds is 5. The molecule has 24 heavy (non-hydrogen) atoms. The summed E-state index contributed by atoms with van der Waals surface area (Å²) >= 11 is 5.67. The number of nitrogens with zero attached hydrogens (tertiary/aromatic N) is 1. The predicted molar refractivity (Wildman–Crippen MR) is 81.5 cm³/mol. The Morgan fingerprint density at radius 1 is 1.42 bits per heavy atom. The molecular weight excluding hydrogens is 346 g/mol. The zero-order valence-corrected chi connectivity index (χ0v) is 16.2. The normalized spacial score (nSPS) is 21.1. The number of benzene rings is 1. The minimum Gasteiger partial charge on any atom is -0.550 e. The Morgan fingerprint density at radius 2 is 2.12 bits per heavy atom.